The van der Waals surface area contributed by atoms with Gasteiger partial charge in [-0.05, 0) is 6.42 Å². The summed E-state index contributed by atoms with van der Waals surface area (Å²) in [5, 5.41) is 0. The molecule has 12 heavy (non-hydrogen) atoms. The van der Waals surface area contributed by atoms with Gasteiger partial charge in [-0.25, -0.2) is 4.79 Å². The van der Waals surface area contributed by atoms with E-state index >= 15 is 0 Å². The minimum atomic E-state index is -0.474. The summed E-state index contributed by atoms with van der Waals surface area (Å²) in [7, 11) is 0. The van der Waals surface area contributed by atoms with Crippen molar-refractivity contribution in [1.82, 2.24) is 0 Å². The molecule has 0 N–H and O–H groups in total. The predicted octanol–water partition coefficient (Wildman–Crippen LogP) is 1.02. The number of hydrogen-bond donors (Lipinski definition) is 0. The van der Waals surface area contributed by atoms with E-state index in [0.717, 1.165) is 19.3 Å². The number of carbonyl (C=O) groups is 1. The molecule has 1 heterocycles. The largest absolute Gasteiger partial charge is 0.456 e. The van der Waals surface area contributed by atoms with Gasteiger partial charge in [-0.3, -0.25) is 0 Å². The molecule has 0 bridgehead atoms. The molecule has 0 amide bonds. The fourth-order valence-electron chi connectivity index (χ4n) is 1.29. The van der Waals surface area contributed by atoms with Crippen molar-refractivity contribution in [3.05, 3.63) is 5.53 Å². The number of ether oxygens (including phenoxy) is 1. The molecule has 1 unspecified atom stereocenters. The van der Waals surface area contributed by atoms with Crippen LogP contribution in [0.5, 0.6) is 0 Å². The lowest BCUT2D eigenvalue weighted by atomic mass is 10.00. The van der Waals surface area contributed by atoms with E-state index in [-0.39, 0.29) is 11.6 Å². The Hall–Kier alpha value is -1.15. The zero-order chi connectivity index (χ0) is 8.97. The van der Waals surface area contributed by atoms with Crippen LogP contribution in [-0.4, -0.2) is 23.1 Å². The Morgan fingerprint density at radius 2 is 2.50 bits per heavy atom. The first-order valence-corrected chi connectivity index (χ1v) is 4.18. The normalized spacial score (nSPS) is 22.2. The quantitative estimate of drug-likeness (QED) is 0.359. The standard InChI is InChI=1S/C8H12N2O2/c1-2-3-4-6-5-12-8(11)7(6)10-9/h6H,2-5H2,1H3. The number of esters is 1. The van der Waals surface area contributed by atoms with Crippen molar-refractivity contribution in [3.8, 4) is 0 Å². The van der Waals surface area contributed by atoms with Crippen molar-refractivity contribution < 1.29 is 14.3 Å². The van der Waals surface area contributed by atoms with E-state index in [1.807, 2.05) is 0 Å². The van der Waals surface area contributed by atoms with E-state index < -0.39 is 5.97 Å². The Balaban J connectivity index is 2.56. The molecule has 0 aromatic carbocycles. The molecule has 0 aliphatic carbocycles. The van der Waals surface area contributed by atoms with Gasteiger partial charge in [-0.2, -0.15) is 4.79 Å². The molecule has 4 nitrogen and oxygen atoms in total. The van der Waals surface area contributed by atoms with E-state index in [9.17, 15) is 4.79 Å². The first-order valence-electron chi connectivity index (χ1n) is 4.18. The summed E-state index contributed by atoms with van der Waals surface area (Å²) in [6.07, 6.45) is 2.96. The van der Waals surface area contributed by atoms with Gasteiger partial charge >= 0.3 is 11.7 Å². The Morgan fingerprint density at radius 1 is 1.75 bits per heavy atom. The summed E-state index contributed by atoms with van der Waals surface area (Å²) in [6, 6.07) is 0. The van der Waals surface area contributed by atoms with Crippen LogP contribution >= 0.6 is 0 Å². The van der Waals surface area contributed by atoms with E-state index in [2.05, 4.69) is 11.7 Å². The fraction of sp³-hybridized carbons (Fsp3) is 0.750. The molecule has 1 atom stereocenters. The van der Waals surface area contributed by atoms with Crippen LogP contribution in [0.15, 0.2) is 0 Å². The molecule has 0 spiro atoms. The summed E-state index contributed by atoms with van der Waals surface area (Å²) in [6.45, 7) is 2.45. The van der Waals surface area contributed by atoms with Crippen LogP contribution < -0.4 is 0 Å². The molecular formula is C8H12N2O2. The number of cyclic esters (lactones) is 1. The van der Waals surface area contributed by atoms with Crippen LogP contribution in [0.25, 0.3) is 5.53 Å². The first-order chi connectivity index (χ1) is 5.79. The van der Waals surface area contributed by atoms with Crippen molar-refractivity contribution in [2.45, 2.75) is 26.2 Å². The average molecular weight is 168 g/mol. The third kappa shape index (κ3) is 1.71. The van der Waals surface area contributed by atoms with Crippen molar-refractivity contribution in [2.75, 3.05) is 6.61 Å². The second kappa shape index (κ2) is 4.02. The van der Waals surface area contributed by atoms with Gasteiger partial charge in [-0.1, -0.05) is 19.8 Å². The van der Waals surface area contributed by atoms with E-state index in [1.54, 1.807) is 0 Å². The molecule has 0 radical (unpaired) electrons. The van der Waals surface area contributed by atoms with Crippen LogP contribution in [0, 0.1) is 5.92 Å². The molecule has 0 aromatic rings. The number of nitrogens with zero attached hydrogens (tertiary/aromatic N) is 2. The average Bonchev–Trinajstić information content (AvgIpc) is 2.43. The van der Waals surface area contributed by atoms with Gasteiger partial charge in [0.25, 0.3) is 0 Å². The zero-order valence-electron chi connectivity index (χ0n) is 7.12. The monoisotopic (exact) mass is 168 g/mol. The summed E-state index contributed by atoms with van der Waals surface area (Å²) in [5.74, 6) is -0.471. The molecule has 0 aromatic heterocycles. The SMILES string of the molecule is CCCCC1COC(=O)C1=[N+]=[N-]. The van der Waals surface area contributed by atoms with Gasteiger partial charge in [0.05, 0.1) is 0 Å². The zero-order valence-corrected chi connectivity index (χ0v) is 7.12. The number of carbonyl (C=O) groups excluding carboxylic acids is 1. The molecule has 0 saturated carbocycles. The molecule has 1 aliphatic rings. The molecule has 1 rings (SSSR count). The summed E-state index contributed by atoms with van der Waals surface area (Å²) in [4.78, 5) is 13.8. The minimum absolute atomic E-state index is 0.00227. The Labute approximate surface area is 71.1 Å². The first kappa shape index (κ1) is 8.94. The highest BCUT2D eigenvalue weighted by atomic mass is 16.5. The summed E-state index contributed by atoms with van der Waals surface area (Å²) >= 11 is 0. The highest BCUT2D eigenvalue weighted by Crippen LogP contribution is 2.16. The molecule has 4 heteroatoms. The number of hydrogen-bond acceptors (Lipinski definition) is 2. The van der Waals surface area contributed by atoms with Gasteiger partial charge in [0.2, 0.25) is 0 Å². The highest BCUT2D eigenvalue weighted by Gasteiger charge is 2.39. The maximum Gasteiger partial charge on any atom is 0.417 e. The smallest absolute Gasteiger partial charge is 0.417 e. The van der Waals surface area contributed by atoms with E-state index in [1.165, 1.54) is 0 Å². The van der Waals surface area contributed by atoms with Gasteiger partial charge in [0, 0.05) is 0 Å². The van der Waals surface area contributed by atoms with E-state index in [4.69, 9.17) is 10.3 Å². The van der Waals surface area contributed by atoms with Crippen LogP contribution in [0.2, 0.25) is 0 Å². The lowest BCUT2D eigenvalue weighted by Gasteiger charge is -1.98. The summed E-state index contributed by atoms with van der Waals surface area (Å²) < 4.78 is 4.74. The molecule has 1 fully saturated rings. The van der Waals surface area contributed by atoms with Crippen LogP contribution in [0.3, 0.4) is 0 Å². The Bertz CT molecular complexity index is 231. The maximum absolute atomic E-state index is 10.9. The minimum Gasteiger partial charge on any atom is -0.456 e. The van der Waals surface area contributed by atoms with Crippen LogP contribution in [0.4, 0.5) is 0 Å². The van der Waals surface area contributed by atoms with E-state index in [0.29, 0.717) is 6.61 Å². The van der Waals surface area contributed by atoms with Crippen molar-refractivity contribution in [3.63, 3.8) is 0 Å². The number of rotatable bonds is 3. The molecular weight excluding hydrogens is 156 g/mol. The van der Waals surface area contributed by atoms with Gasteiger partial charge in [-0.15, -0.1) is 0 Å². The Morgan fingerprint density at radius 3 is 3.08 bits per heavy atom. The predicted molar refractivity (Wildman–Crippen MR) is 42.6 cm³/mol. The van der Waals surface area contributed by atoms with Gasteiger partial charge in [0.15, 0.2) is 0 Å². The number of unbranched alkanes of at least 4 members (excludes halogenated alkanes) is 1. The van der Waals surface area contributed by atoms with Gasteiger partial charge < -0.3 is 10.3 Å². The molecule has 66 valence electrons. The Kier molecular flexibility index (Phi) is 3.00. The fourth-order valence-corrected chi connectivity index (χ4v) is 1.29. The van der Waals surface area contributed by atoms with Crippen LogP contribution in [0.1, 0.15) is 26.2 Å². The van der Waals surface area contributed by atoms with Crippen molar-refractivity contribution in [1.29, 1.82) is 0 Å². The van der Waals surface area contributed by atoms with Crippen molar-refractivity contribution >= 4 is 11.7 Å². The third-order valence-corrected chi connectivity index (χ3v) is 2.03. The van der Waals surface area contributed by atoms with Crippen LogP contribution in [-0.2, 0) is 9.53 Å². The van der Waals surface area contributed by atoms with Crippen molar-refractivity contribution in [2.24, 2.45) is 5.92 Å². The topological polar surface area (TPSA) is 62.7 Å². The lowest BCUT2D eigenvalue weighted by molar-refractivity contribution is -0.136. The second-order valence-corrected chi connectivity index (χ2v) is 2.92. The molecule has 1 aliphatic heterocycles. The highest BCUT2D eigenvalue weighted by molar-refractivity contribution is 6.36. The maximum atomic E-state index is 10.9. The summed E-state index contributed by atoms with van der Waals surface area (Å²) in [5.41, 5.74) is 8.68. The second-order valence-electron chi connectivity index (χ2n) is 2.92. The van der Waals surface area contributed by atoms with Gasteiger partial charge in [0.1, 0.15) is 12.5 Å². The third-order valence-electron chi connectivity index (χ3n) is 2.03. The molecule has 1 saturated heterocycles. The lowest BCUT2D eigenvalue weighted by Crippen LogP contribution is -2.16.